The number of nitrogens with one attached hydrogen (secondary N) is 1. The molecule has 1 aliphatic rings. The summed E-state index contributed by atoms with van der Waals surface area (Å²) in [5.41, 5.74) is 0.847. The monoisotopic (exact) mass is 322 g/mol. The molecule has 1 saturated heterocycles. The van der Waals surface area contributed by atoms with Gasteiger partial charge in [0.1, 0.15) is 4.32 Å². The zero-order chi connectivity index (χ0) is 15.1. The molecule has 0 spiro atoms. The molecule has 1 fully saturated rings. The first kappa shape index (κ1) is 16.3. The van der Waals surface area contributed by atoms with Crippen molar-refractivity contribution in [3.8, 4) is 0 Å². The van der Waals surface area contributed by atoms with E-state index in [4.69, 9.17) is 12.2 Å². The van der Waals surface area contributed by atoms with Gasteiger partial charge >= 0.3 is 0 Å². The number of carbonyl (C=O) groups excluding carboxylic acids is 1. The Balaban J connectivity index is 1.64. The number of benzene rings is 1. The van der Waals surface area contributed by atoms with E-state index in [2.05, 4.69) is 17.1 Å². The molecule has 1 aliphatic heterocycles. The van der Waals surface area contributed by atoms with E-state index in [0.29, 0.717) is 6.42 Å². The van der Waals surface area contributed by atoms with Crippen molar-refractivity contribution in [2.45, 2.75) is 26.2 Å². The van der Waals surface area contributed by atoms with E-state index in [9.17, 15) is 4.79 Å². The summed E-state index contributed by atoms with van der Waals surface area (Å²) in [6.07, 6.45) is 2.92. The summed E-state index contributed by atoms with van der Waals surface area (Å²) in [6, 6.07) is 9.55. The minimum Gasteiger partial charge on any atom is -0.358 e. The van der Waals surface area contributed by atoms with Gasteiger partial charge in [0.25, 0.3) is 0 Å². The van der Waals surface area contributed by atoms with E-state index in [1.54, 1.807) is 11.8 Å². The van der Waals surface area contributed by atoms with Crippen LogP contribution in [0.15, 0.2) is 30.3 Å². The average molecular weight is 322 g/mol. The lowest BCUT2D eigenvalue weighted by Crippen LogP contribution is -2.35. The standard InChI is InChI=1S/C16H22N2OS2/c1-13-7-10-18(11-8-13)16(20)21-12-9-15(19)17-14-5-3-2-4-6-14/h2-6,13H,7-12H2,1H3,(H,17,19). The molecule has 0 aliphatic carbocycles. The highest BCUT2D eigenvalue weighted by molar-refractivity contribution is 8.22. The van der Waals surface area contributed by atoms with Gasteiger partial charge in [0.2, 0.25) is 5.91 Å². The lowest BCUT2D eigenvalue weighted by atomic mass is 10.00. The first-order valence-corrected chi connectivity index (χ1v) is 8.81. The van der Waals surface area contributed by atoms with Crippen LogP contribution in [0.2, 0.25) is 0 Å². The SMILES string of the molecule is CC1CCN(C(=S)SCCC(=O)Nc2ccccc2)CC1. The van der Waals surface area contributed by atoms with Crippen LogP contribution in [-0.4, -0.2) is 34.0 Å². The van der Waals surface area contributed by atoms with Crippen molar-refractivity contribution in [3.05, 3.63) is 30.3 Å². The second-order valence-electron chi connectivity index (χ2n) is 5.45. The number of amides is 1. The minimum atomic E-state index is 0.0452. The predicted octanol–water partition coefficient (Wildman–Crippen LogP) is 3.77. The molecule has 1 aromatic carbocycles. The van der Waals surface area contributed by atoms with E-state index >= 15 is 0 Å². The fraction of sp³-hybridized carbons (Fsp3) is 0.500. The van der Waals surface area contributed by atoms with Crippen LogP contribution in [0.5, 0.6) is 0 Å². The van der Waals surface area contributed by atoms with E-state index in [-0.39, 0.29) is 5.91 Å². The highest BCUT2D eigenvalue weighted by Gasteiger charge is 2.18. The lowest BCUT2D eigenvalue weighted by Gasteiger charge is -2.31. The van der Waals surface area contributed by atoms with Crippen molar-refractivity contribution in [2.24, 2.45) is 5.92 Å². The van der Waals surface area contributed by atoms with Crippen molar-refractivity contribution in [2.75, 3.05) is 24.2 Å². The molecule has 2 rings (SSSR count). The third kappa shape index (κ3) is 5.67. The van der Waals surface area contributed by atoms with Crippen LogP contribution in [0.3, 0.4) is 0 Å². The van der Waals surface area contributed by atoms with Crippen molar-refractivity contribution >= 4 is 39.9 Å². The molecule has 0 saturated carbocycles. The minimum absolute atomic E-state index is 0.0452. The Bertz CT molecular complexity index is 470. The van der Waals surface area contributed by atoms with Crippen molar-refractivity contribution in [1.29, 1.82) is 0 Å². The number of piperidine rings is 1. The molecule has 21 heavy (non-hydrogen) atoms. The van der Waals surface area contributed by atoms with Crippen LogP contribution < -0.4 is 5.32 Å². The van der Waals surface area contributed by atoms with E-state index in [0.717, 1.165) is 34.8 Å². The number of rotatable bonds is 4. The fourth-order valence-corrected chi connectivity index (χ4v) is 3.52. The summed E-state index contributed by atoms with van der Waals surface area (Å²) < 4.78 is 0.939. The van der Waals surface area contributed by atoms with Gasteiger partial charge in [-0.15, -0.1) is 0 Å². The first-order chi connectivity index (χ1) is 10.1. The van der Waals surface area contributed by atoms with Crippen molar-refractivity contribution in [3.63, 3.8) is 0 Å². The fourth-order valence-electron chi connectivity index (χ4n) is 2.26. The molecule has 0 aromatic heterocycles. The number of hydrogen-bond acceptors (Lipinski definition) is 3. The topological polar surface area (TPSA) is 32.3 Å². The highest BCUT2D eigenvalue weighted by Crippen LogP contribution is 2.20. The van der Waals surface area contributed by atoms with Gasteiger partial charge < -0.3 is 10.2 Å². The van der Waals surface area contributed by atoms with Gasteiger partial charge in [-0.3, -0.25) is 4.79 Å². The summed E-state index contributed by atoms with van der Waals surface area (Å²) in [7, 11) is 0. The molecular formula is C16H22N2OS2. The van der Waals surface area contributed by atoms with Crippen molar-refractivity contribution < 1.29 is 4.79 Å². The molecular weight excluding hydrogens is 300 g/mol. The molecule has 1 amide bonds. The number of thioether (sulfide) groups is 1. The second kappa shape index (κ2) is 8.39. The third-order valence-corrected chi connectivity index (χ3v) is 5.18. The first-order valence-electron chi connectivity index (χ1n) is 7.42. The normalized spacial score (nSPS) is 15.8. The Morgan fingerprint density at radius 1 is 1.33 bits per heavy atom. The maximum absolute atomic E-state index is 11.8. The number of likely N-dealkylation sites (tertiary alicyclic amines) is 1. The maximum atomic E-state index is 11.8. The Hall–Kier alpha value is -1.07. The van der Waals surface area contributed by atoms with Crippen LogP contribution in [0.25, 0.3) is 0 Å². The van der Waals surface area contributed by atoms with Gasteiger partial charge in [-0.05, 0) is 30.9 Å². The number of thiocarbonyl (C=S) groups is 1. The smallest absolute Gasteiger partial charge is 0.225 e. The van der Waals surface area contributed by atoms with Crippen LogP contribution in [-0.2, 0) is 4.79 Å². The Labute approximate surface area is 136 Å². The summed E-state index contributed by atoms with van der Waals surface area (Å²) >= 11 is 7.07. The predicted molar refractivity (Wildman–Crippen MR) is 94.7 cm³/mol. The second-order valence-corrected chi connectivity index (χ2v) is 7.18. The average Bonchev–Trinajstić information content (AvgIpc) is 2.49. The summed E-state index contributed by atoms with van der Waals surface area (Å²) in [5.74, 6) is 1.60. The van der Waals surface area contributed by atoms with Gasteiger partial charge in [0.15, 0.2) is 0 Å². The molecule has 0 bridgehead atoms. The highest BCUT2D eigenvalue weighted by atomic mass is 32.2. The maximum Gasteiger partial charge on any atom is 0.225 e. The van der Waals surface area contributed by atoms with Crippen LogP contribution in [0.1, 0.15) is 26.2 Å². The Morgan fingerprint density at radius 2 is 2.00 bits per heavy atom. The number of hydrogen-bond donors (Lipinski definition) is 1. The lowest BCUT2D eigenvalue weighted by molar-refractivity contribution is -0.115. The molecule has 114 valence electrons. The van der Waals surface area contributed by atoms with Crippen LogP contribution >= 0.6 is 24.0 Å². The van der Waals surface area contributed by atoms with E-state index in [1.165, 1.54) is 12.8 Å². The number of para-hydroxylation sites is 1. The molecule has 0 atom stereocenters. The van der Waals surface area contributed by atoms with E-state index in [1.807, 2.05) is 30.3 Å². The van der Waals surface area contributed by atoms with Crippen LogP contribution in [0.4, 0.5) is 5.69 Å². The van der Waals surface area contributed by atoms with Gasteiger partial charge in [0, 0.05) is 31.0 Å². The largest absolute Gasteiger partial charge is 0.358 e. The zero-order valence-electron chi connectivity index (χ0n) is 12.4. The summed E-state index contributed by atoms with van der Waals surface area (Å²) in [6.45, 7) is 4.41. The molecule has 0 unspecified atom stereocenters. The number of carbonyl (C=O) groups is 1. The van der Waals surface area contributed by atoms with Gasteiger partial charge in [-0.1, -0.05) is 49.1 Å². The molecule has 3 nitrogen and oxygen atoms in total. The van der Waals surface area contributed by atoms with Gasteiger partial charge in [-0.2, -0.15) is 0 Å². The summed E-state index contributed by atoms with van der Waals surface area (Å²) in [5, 5.41) is 2.89. The Kier molecular flexibility index (Phi) is 6.51. The van der Waals surface area contributed by atoms with E-state index < -0.39 is 0 Å². The molecule has 1 N–H and O–H groups in total. The van der Waals surface area contributed by atoms with Crippen LogP contribution in [0, 0.1) is 5.92 Å². The van der Waals surface area contributed by atoms with Gasteiger partial charge in [0.05, 0.1) is 0 Å². The quantitative estimate of drug-likeness (QED) is 0.855. The zero-order valence-corrected chi connectivity index (χ0v) is 14.0. The molecule has 0 radical (unpaired) electrons. The molecule has 1 aromatic rings. The number of anilines is 1. The third-order valence-electron chi connectivity index (χ3n) is 3.65. The van der Waals surface area contributed by atoms with Crippen molar-refractivity contribution in [1.82, 2.24) is 4.90 Å². The Morgan fingerprint density at radius 3 is 2.67 bits per heavy atom. The summed E-state index contributed by atoms with van der Waals surface area (Å²) in [4.78, 5) is 14.1. The molecule has 1 heterocycles. The van der Waals surface area contributed by atoms with Gasteiger partial charge in [-0.25, -0.2) is 0 Å². The number of nitrogens with zero attached hydrogens (tertiary/aromatic N) is 1. The molecule has 5 heteroatoms.